The molecule has 0 radical (unpaired) electrons. The molecule has 1 amide bonds. The number of hydrogen-bond donors (Lipinski definition) is 5. The summed E-state index contributed by atoms with van der Waals surface area (Å²) in [5.74, 6) is -1.86. The molecule has 0 spiro atoms. The molecule has 130 valence electrons. The Kier molecular flexibility index (Phi) is 6.61. The zero-order chi connectivity index (χ0) is 17.7. The van der Waals surface area contributed by atoms with Gasteiger partial charge in [0.1, 0.15) is 0 Å². The molecule has 0 bridgehead atoms. The molecule has 10 heteroatoms. The molecule has 1 heterocycles. The first kappa shape index (κ1) is 19.0. The van der Waals surface area contributed by atoms with Crippen molar-refractivity contribution in [2.75, 3.05) is 26.7 Å². The lowest BCUT2D eigenvalue weighted by Gasteiger charge is -2.37. The van der Waals surface area contributed by atoms with Gasteiger partial charge >= 0.3 is 0 Å². The second-order valence-electron chi connectivity index (χ2n) is 5.23. The number of phenolic OH excluding ortho intramolecular Hbond substituents is 3. The molecular formula is C13H21N3O6S. The van der Waals surface area contributed by atoms with Crippen LogP contribution in [0, 0.1) is 0 Å². The van der Waals surface area contributed by atoms with E-state index in [4.69, 9.17) is 8.42 Å². The summed E-state index contributed by atoms with van der Waals surface area (Å²) in [6.07, 6.45) is 0. The van der Waals surface area contributed by atoms with Crippen molar-refractivity contribution in [2.24, 2.45) is 5.14 Å². The Morgan fingerprint density at radius 1 is 1.22 bits per heavy atom. The van der Waals surface area contributed by atoms with Gasteiger partial charge in [0.2, 0.25) is 0 Å². The molecule has 1 aliphatic heterocycles. The predicted molar refractivity (Wildman–Crippen MR) is 83.9 cm³/mol. The summed E-state index contributed by atoms with van der Waals surface area (Å²) in [5.41, 5.74) is 0.171. The van der Waals surface area contributed by atoms with E-state index in [2.05, 4.69) is 10.0 Å². The highest BCUT2D eigenvalue weighted by atomic mass is 32.2. The molecule has 1 aromatic carbocycles. The number of rotatable bonds is 1. The second kappa shape index (κ2) is 7.99. The summed E-state index contributed by atoms with van der Waals surface area (Å²) >= 11 is 0. The fraction of sp³-hybridized carbons (Fsp3) is 0.462. The van der Waals surface area contributed by atoms with Gasteiger partial charge in [0.25, 0.3) is 5.91 Å². The molecule has 1 aliphatic rings. The first-order valence-corrected chi connectivity index (χ1v) is 8.01. The van der Waals surface area contributed by atoms with Crippen molar-refractivity contribution in [3.63, 3.8) is 0 Å². The molecule has 0 aromatic heterocycles. The van der Waals surface area contributed by atoms with Gasteiger partial charge in [-0.15, -0.1) is 0 Å². The van der Waals surface area contributed by atoms with Crippen molar-refractivity contribution >= 4 is 16.8 Å². The number of likely N-dealkylation sites (N-methyl/N-ethyl adjacent to an activating group) is 1. The van der Waals surface area contributed by atoms with Crippen molar-refractivity contribution in [2.45, 2.75) is 13.0 Å². The molecule has 23 heavy (non-hydrogen) atoms. The molecule has 1 unspecified atom stereocenters. The van der Waals surface area contributed by atoms with E-state index in [9.17, 15) is 20.1 Å². The number of phenols is 3. The van der Waals surface area contributed by atoms with Gasteiger partial charge in [0, 0.05) is 31.2 Å². The van der Waals surface area contributed by atoms with Crippen LogP contribution < -0.4 is 5.14 Å². The normalized spacial score (nSPS) is 18.4. The summed E-state index contributed by atoms with van der Waals surface area (Å²) in [4.78, 5) is 16.1. The third-order valence-electron chi connectivity index (χ3n) is 3.56. The average molecular weight is 347 g/mol. The van der Waals surface area contributed by atoms with E-state index < -0.39 is 28.1 Å². The molecule has 9 nitrogen and oxygen atoms in total. The number of benzene rings is 1. The van der Waals surface area contributed by atoms with Crippen LogP contribution in [0.15, 0.2) is 12.1 Å². The lowest BCUT2D eigenvalue weighted by molar-refractivity contribution is 0.0571. The monoisotopic (exact) mass is 347 g/mol. The maximum atomic E-state index is 12.3. The van der Waals surface area contributed by atoms with Crippen molar-refractivity contribution < 1.29 is 28.5 Å². The van der Waals surface area contributed by atoms with E-state index in [0.717, 1.165) is 6.54 Å². The highest BCUT2D eigenvalue weighted by Crippen LogP contribution is 2.35. The van der Waals surface area contributed by atoms with Crippen LogP contribution in [0.2, 0.25) is 0 Å². The minimum absolute atomic E-state index is 0.171. The van der Waals surface area contributed by atoms with Crippen molar-refractivity contribution in [1.82, 2.24) is 9.80 Å². The number of nitrogens with two attached hydrogens (primary N) is 1. The molecule has 1 fully saturated rings. The standard InChI is InChI=1S/C13H18N2O4.H3NO2S/c1-8-7-15(4-3-14(8)2)13(19)9-5-10(16)12(18)11(17)6-9;1-4(2)3/h5-6,8,16-18H,3-4,7H2,1-2H3;4H,(H2,1,2,3). The zero-order valence-electron chi connectivity index (χ0n) is 12.8. The van der Waals surface area contributed by atoms with E-state index in [1.807, 2.05) is 14.0 Å². The first-order valence-electron chi connectivity index (χ1n) is 6.77. The van der Waals surface area contributed by atoms with E-state index in [-0.39, 0.29) is 17.5 Å². The van der Waals surface area contributed by atoms with Crippen LogP contribution in [0.3, 0.4) is 0 Å². The Labute approximate surface area is 135 Å². The van der Waals surface area contributed by atoms with Gasteiger partial charge in [-0.25, -0.2) is 13.6 Å². The van der Waals surface area contributed by atoms with Crippen LogP contribution in [0.25, 0.3) is 0 Å². The number of amides is 1. The third kappa shape index (κ3) is 5.27. The Bertz CT molecular complexity index is 618. The Morgan fingerprint density at radius 3 is 2.13 bits per heavy atom. The summed E-state index contributed by atoms with van der Waals surface area (Å²) in [6, 6.07) is 2.60. The van der Waals surface area contributed by atoms with Crippen molar-refractivity contribution in [3.8, 4) is 17.2 Å². The molecule has 1 atom stereocenters. The molecule has 5 N–H and O–H groups in total. The van der Waals surface area contributed by atoms with Crippen molar-refractivity contribution in [1.29, 1.82) is 0 Å². The summed E-state index contributed by atoms with van der Waals surface area (Å²) < 4.78 is 17.6. The smallest absolute Gasteiger partial charge is 0.254 e. The summed E-state index contributed by atoms with van der Waals surface area (Å²) in [5, 5.41) is 32.2. The van der Waals surface area contributed by atoms with E-state index in [1.165, 1.54) is 12.1 Å². The summed E-state index contributed by atoms with van der Waals surface area (Å²) in [6.45, 7) is 4.01. The number of piperazine rings is 1. The Morgan fingerprint density at radius 2 is 1.70 bits per heavy atom. The number of thiol groups is 1. The molecule has 2 rings (SSSR count). The number of aromatic hydroxyl groups is 3. The van der Waals surface area contributed by atoms with Crippen LogP contribution in [-0.2, 0) is 10.9 Å². The molecule has 0 aliphatic carbocycles. The molecular weight excluding hydrogens is 326 g/mol. The topological polar surface area (TPSA) is 144 Å². The first-order chi connectivity index (χ1) is 10.6. The minimum atomic E-state index is -2.62. The number of hydrogen-bond acceptors (Lipinski definition) is 7. The van der Waals surface area contributed by atoms with Gasteiger partial charge in [-0.2, -0.15) is 0 Å². The highest BCUT2D eigenvalue weighted by Gasteiger charge is 2.26. The van der Waals surface area contributed by atoms with Gasteiger partial charge in [-0.3, -0.25) is 4.79 Å². The second-order valence-corrected chi connectivity index (χ2v) is 5.80. The fourth-order valence-corrected chi connectivity index (χ4v) is 2.14. The minimum Gasteiger partial charge on any atom is -0.504 e. The zero-order valence-corrected chi connectivity index (χ0v) is 13.7. The predicted octanol–water partition coefficient (Wildman–Crippen LogP) is -0.949. The van der Waals surface area contributed by atoms with Crippen LogP contribution >= 0.6 is 0 Å². The number of carbonyl (C=O) groups is 1. The lowest BCUT2D eigenvalue weighted by Crippen LogP contribution is -2.52. The maximum absolute atomic E-state index is 12.3. The van der Waals surface area contributed by atoms with Gasteiger partial charge in [-0.1, -0.05) is 0 Å². The van der Waals surface area contributed by atoms with Crippen LogP contribution in [0.1, 0.15) is 17.3 Å². The quantitative estimate of drug-likeness (QED) is 0.325. The molecule has 1 aromatic rings. The fourth-order valence-electron chi connectivity index (χ4n) is 2.14. The molecule has 1 saturated heterocycles. The number of nitrogens with zero attached hydrogens (tertiary/aromatic N) is 2. The van der Waals surface area contributed by atoms with E-state index in [0.29, 0.717) is 13.1 Å². The molecule has 0 saturated carbocycles. The van der Waals surface area contributed by atoms with Gasteiger partial charge in [-0.05, 0) is 26.1 Å². The third-order valence-corrected chi connectivity index (χ3v) is 3.56. The van der Waals surface area contributed by atoms with E-state index in [1.54, 1.807) is 4.90 Å². The number of carbonyl (C=O) groups excluding carboxylic acids is 1. The Balaban J connectivity index is 0.000000593. The maximum Gasteiger partial charge on any atom is 0.254 e. The lowest BCUT2D eigenvalue weighted by atomic mass is 10.1. The van der Waals surface area contributed by atoms with Gasteiger partial charge in [0.05, 0.1) is 0 Å². The highest BCUT2D eigenvalue weighted by molar-refractivity contribution is 7.69. The van der Waals surface area contributed by atoms with Gasteiger partial charge in [0.15, 0.2) is 28.1 Å². The van der Waals surface area contributed by atoms with Gasteiger partial charge < -0.3 is 25.1 Å². The Hall–Kier alpha value is -2.04. The average Bonchev–Trinajstić information content (AvgIpc) is 2.45. The SMILES string of the molecule is CC1CN(C(=O)c2cc(O)c(O)c(O)c2)CCN1C.N[SH](=O)=O. The van der Waals surface area contributed by atoms with Crippen LogP contribution in [0.5, 0.6) is 17.2 Å². The van der Waals surface area contributed by atoms with E-state index >= 15 is 0 Å². The summed E-state index contributed by atoms with van der Waals surface area (Å²) in [7, 11) is -0.616. The van der Waals surface area contributed by atoms with Crippen molar-refractivity contribution in [3.05, 3.63) is 17.7 Å². The van der Waals surface area contributed by atoms with Crippen LogP contribution in [-0.4, -0.2) is 72.2 Å². The largest absolute Gasteiger partial charge is 0.504 e. The van der Waals surface area contributed by atoms with Crippen LogP contribution in [0.4, 0.5) is 0 Å².